The first-order chi connectivity index (χ1) is 12.7. The fraction of sp³-hybridized carbons (Fsp3) is 0.211. The fourth-order valence-electron chi connectivity index (χ4n) is 2.92. The first kappa shape index (κ1) is 17.1. The third kappa shape index (κ3) is 3.45. The lowest BCUT2D eigenvalue weighted by molar-refractivity contribution is -0.116. The van der Waals surface area contributed by atoms with Crippen molar-refractivity contribution in [2.24, 2.45) is 0 Å². The van der Waals surface area contributed by atoms with E-state index in [1.807, 2.05) is 47.4 Å². The third-order valence-electron chi connectivity index (χ3n) is 4.26. The molecule has 0 aliphatic carbocycles. The Balaban J connectivity index is 1.39. The Morgan fingerprint density at radius 1 is 1.23 bits per heavy atom. The van der Waals surface area contributed by atoms with Crippen LogP contribution in [0.2, 0.25) is 0 Å². The SMILES string of the molecule is COc1ccc(-c2nsc(SCC(=O)N3CCc4ccccc43)n2)cc1. The smallest absolute Gasteiger partial charge is 0.237 e. The van der Waals surface area contributed by atoms with Crippen molar-refractivity contribution in [2.75, 3.05) is 24.3 Å². The van der Waals surface area contributed by atoms with Crippen LogP contribution in [0.5, 0.6) is 5.75 Å². The van der Waals surface area contributed by atoms with Crippen molar-refractivity contribution in [1.82, 2.24) is 9.36 Å². The van der Waals surface area contributed by atoms with E-state index >= 15 is 0 Å². The van der Waals surface area contributed by atoms with Gasteiger partial charge in [0.2, 0.25) is 5.91 Å². The van der Waals surface area contributed by atoms with E-state index in [1.165, 1.54) is 28.9 Å². The molecule has 26 heavy (non-hydrogen) atoms. The second-order valence-corrected chi connectivity index (χ2v) is 7.80. The number of anilines is 1. The summed E-state index contributed by atoms with van der Waals surface area (Å²) >= 11 is 2.77. The summed E-state index contributed by atoms with van der Waals surface area (Å²) in [5, 5.41) is 0. The van der Waals surface area contributed by atoms with Crippen LogP contribution in [0.25, 0.3) is 11.4 Å². The number of hydrogen-bond acceptors (Lipinski definition) is 6. The molecule has 0 atom stereocenters. The topological polar surface area (TPSA) is 55.3 Å². The van der Waals surface area contributed by atoms with E-state index in [0.717, 1.165) is 34.3 Å². The Kier molecular flexibility index (Phi) is 4.90. The summed E-state index contributed by atoms with van der Waals surface area (Å²) in [5.74, 6) is 1.96. The van der Waals surface area contributed by atoms with Crippen molar-refractivity contribution in [3.8, 4) is 17.1 Å². The highest BCUT2D eigenvalue weighted by Crippen LogP contribution is 2.30. The number of fused-ring (bicyclic) bond motifs is 1. The molecule has 1 amide bonds. The van der Waals surface area contributed by atoms with Crippen molar-refractivity contribution in [1.29, 1.82) is 0 Å². The number of methoxy groups -OCH3 is 1. The van der Waals surface area contributed by atoms with E-state index in [4.69, 9.17) is 4.74 Å². The molecule has 0 bridgehead atoms. The minimum Gasteiger partial charge on any atom is -0.497 e. The quantitative estimate of drug-likeness (QED) is 0.626. The second-order valence-electron chi connectivity index (χ2n) is 5.83. The summed E-state index contributed by atoms with van der Waals surface area (Å²) in [5.41, 5.74) is 3.21. The maximum atomic E-state index is 12.6. The summed E-state index contributed by atoms with van der Waals surface area (Å²) < 4.78 is 10.4. The van der Waals surface area contributed by atoms with Crippen LogP contribution < -0.4 is 9.64 Å². The molecule has 132 valence electrons. The van der Waals surface area contributed by atoms with E-state index in [2.05, 4.69) is 15.4 Å². The number of carbonyl (C=O) groups excluding carboxylic acids is 1. The van der Waals surface area contributed by atoms with Gasteiger partial charge in [-0.3, -0.25) is 4.79 Å². The Labute approximate surface area is 160 Å². The number of amides is 1. The monoisotopic (exact) mass is 383 g/mol. The predicted molar refractivity (Wildman–Crippen MR) is 105 cm³/mol. The molecular weight excluding hydrogens is 366 g/mol. The highest BCUT2D eigenvalue weighted by atomic mass is 32.2. The predicted octanol–water partition coefficient (Wildman–Crippen LogP) is 3.90. The van der Waals surface area contributed by atoms with Gasteiger partial charge in [-0.05, 0) is 53.8 Å². The summed E-state index contributed by atoms with van der Waals surface area (Å²) in [6, 6.07) is 15.7. The van der Waals surface area contributed by atoms with Crippen LogP contribution >= 0.6 is 23.3 Å². The minimum absolute atomic E-state index is 0.112. The number of thioether (sulfide) groups is 1. The molecule has 0 radical (unpaired) electrons. The Bertz CT molecular complexity index is 925. The standard InChI is InChI=1S/C19H17N3O2S2/c1-24-15-8-6-14(7-9-15)18-20-19(26-21-18)25-12-17(23)22-11-10-13-4-2-3-5-16(13)22/h2-9H,10-12H2,1H3. The van der Waals surface area contributed by atoms with Crippen LogP contribution in [0.4, 0.5) is 5.69 Å². The van der Waals surface area contributed by atoms with Gasteiger partial charge in [0.1, 0.15) is 5.75 Å². The lowest BCUT2D eigenvalue weighted by Crippen LogP contribution is -2.30. The molecule has 0 saturated carbocycles. The van der Waals surface area contributed by atoms with E-state index < -0.39 is 0 Å². The molecule has 0 saturated heterocycles. The highest BCUT2D eigenvalue weighted by Gasteiger charge is 2.24. The maximum Gasteiger partial charge on any atom is 0.237 e. The van der Waals surface area contributed by atoms with Crippen LogP contribution in [0, 0.1) is 0 Å². The molecule has 5 nitrogen and oxygen atoms in total. The summed E-state index contributed by atoms with van der Waals surface area (Å²) in [4.78, 5) is 19.0. The van der Waals surface area contributed by atoms with Gasteiger partial charge in [0.15, 0.2) is 10.2 Å². The van der Waals surface area contributed by atoms with Gasteiger partial charge in [-0.2, -0.15) is 4.37 Å². The second kappa shape index (κ2) is 7.47. The molecule has 2 heterocycles. The van der Waals surface area contributed by atoms with Gasteiger partial charge in [0.05, 0.1) is 12.9 Å². The van der Waals surface area contributed by atoms with Gasteiger partial charge in [0.25, 0.3) is 0 Å². The number of nitrogens with zero attached hydrogens (tertiary/aromatic N) is 3. The summed E-state index contributed by atoms with van der Waals surface area (Å²) in [7, 11) is 1.64. The Hall–Kier alpha value is -2.38. The number of hydrogen-bond donors (Lipinski definition) is 0. The zero-order valence-corrected chi connectivity index (χ0v) is 15.8. The molecular formula is C19H17N3O2S2. The van der Waals surface area contributed by atoms with Crippen molar-refractivity contribution in [3.05, 3.63) is 54.1 Å². The number of rotatable bonds is 5. The highest BCUT2D eigenvalue weighted by molar-refractivity contribution is 8.01. The molecule has 0 unspecified atom stereocenters. The zero-order valence-electron chi connectivity index (χ0n) is 14.2. The summed E-state index contributed by atoms with van der Waals surface area (Å²) in [6.07, 6.45) is 0.924. The summed E-state index contributed by atoms with van der Waals surface area (Å²) in [6.45, 7) is 0.756. The molecule has 7 heteroatoms. The molecule has 0 fully saturated rings. The van der Waals surface area contributed by atoms with Crippen molar-refractivity contribution < 1.29 is 9.53 Å². The van der Waals surface area contributed by atoms with Crippen molar-refractivity contribution in [2.45, 2.75) is 10.8 Å². The van der Waals surface area contributed by atoms with E-state index in [9.17, 15) is 4.79 Å². The average Bonchev–Trinajstić information content (AvgIpc) is 3.33. The van der Waals surface area contributed by atoms with Crippen LogP contribution in [-0.4, -0.2) is 34.7 Å². The number of ether oxygens (including phenoxy) is 1. The van der Waals surface area contributed by atoms with Gasteiger partial charge in [-0.25, -0.2) is 4.98 Å². The normalized spacial score (nSPS) is 12.9. The number of carbonyl (C=O) groups is 1. The van der Waals surface area contributed by atoms with E-state index in [0.29, 0.717) is 11.6 Å². The van der Waals surface area contributed by atoms with Gasteiger partial charge in [-0.15, -0.1) is 0 Å². The van der Waals surface area contributed by atoms with Crippen LogP contribution in [0.15, 0.2) is 52.9 Å². The fourth-order valence-corrected chi connectivity index (χ4v) is 4.42. The van der Waals surface area contributed by atoms with Gasteiger partial charge >= 0.3 is 0 Å². The maximum absolute atomic E-state index is 12.6. The molecule has 0 N–H and O–H groups in total. The van der Waals surface area contributed by atoms with E-state index in [1.54, 1.807) is 7.11 Å². The number of benzene rings is 2. The molecule has 1 aromatic heterocycles. The van der Waals surface area contributed by atoms with Gasteiger partial charge < -0.3 is 9.64 Å². The average molecular weight is 383 g/mol. The molecule has 1 aliphatic rings. The molecule has 0 spiro atoms. The van der Waals surface area contributed by atoms with Crippen LogP contribution in [0.1, 0.15) is 5.56 Å². The minimum atomic E-state index is 0.112. The molecule has 1 aliphatic heterocycles. The Morgan fingerprint density at radius 2 is 2.04 bits per heavy atom. The lowest BCUT2D eigenvalue weighted by Gasteiger charge is -2.16. The first-order valence-corrected chi connectivity index (χ1v) is 10.00. The lowest BCUT2D eigenvalue weighted by atomic mass is 10.2. The number of aromatic nitrogens is 2. The Morgan fingerprint density at radius 3 is 2.85 bits per heavy atom. The molecule has 2 aromatic carbocycles. The van der Waals surface area contributed by atoms with Gasteiger partial charge in [-0.1, -0.05) is 30.0 Å². The van der Waals surface area contributed by atoms with Crippen LogP contribution in [0.3, 0.4) is 0 Å². The largest absolute Gasteiger partial charge is 0.497 e. The first-order valence-electron chi connectivity index (χ1n) is 8.24. The molecule has 3 aromatic rings. The third-order valence-corrected chi connectivity index (χ3v) is 6.08. The van der Waals surface area contributed by atoms with Crippen LogP contribution in [-0.2, 0) is 11.2 Å². The molecule has 4 rings (SSSR count). The van der Waals surface area contributed by atoms with E-state index in [-0.39, 0.29) is 5.91 Å². The zero-order chi connectivity index (χ0) is 17.9. The number of para-hydroxylation sites is 1. The van der Waals surface area contributed by atoms with Crippen molar-refractivity contribution in [3.63, 3.8) is 0 Å². The van der Waals surface area contributed by atoms with Crippen molar-refractivity contribution >= 4 is 34.9 Å². The van der Waals surface area contributed by atoms with Gasteiger partial charge in [0, 0.05) is 17.8 Å².